The Kier molecular flexibility index (Phi) is 3.71. The number of aromatic nitrogens is 3. The summed E-state index contributed by atoms with van der Waals surface area (Å²) in [6, 6.07) is 0. The highest BCUT2D eigenvalue weighted by atomic mass is 19.3. The topological polar surface area (TPSA) is 56.7 Å². The smallest absolute Gasteiger partial charge is 0.248 e. The molecule has 6 heteroatoms. The molecule has 1 saturated carbocycles. The summed E-state index contributed by atoms with van der Waals surface area (Å²) in [5.74, 6) is -1.53. The van der Waals surface area contributed by atoms with Crippen molar-refractivity contribution in [3.63, 3.8) is 0 Å². The Balaban J connectivity index is 2.00. The molecular formula is C11H18F2N4. The van der Waals surface area contributed by atoms with Crippen molar-refractivity contribution in [1.29, 1.82) is 0 Å². The van der Waals surface area contributed by atoms with Crippen LogP contribution in [0, 0.1) is 0 Å². The molecule has 1 heterocycles. The van der Waals surface area contributed by atoms with E-state index in [-0.39, 0.29) is 18.8 Å². The number of halogens is 2. The Morgan fingerprint density at radius 3 is 2.76 bits per heavy atom. The second-order valence-electron chi connectivity index (χ2n) is 4.65. The lowest BCUT2D eigenvalue weighted by Crippen LogP contribution is -2.25. The van der Waals surface area contributed by atoms with E-state index in [2.05, 4.69) is 10.2 Å². The summed E-state index contributed by atoms with van der Waals surface area (Å²) >= 11 is 0. The maximum absolute atomic E-state index is 13.1. The zero-order chi connectivity index (χ0) is 12.3. The number of hydrogen-bond acceptors (Lipinski definition) is 3. The van der Waals surface area contributed by atoms with Crippen LogP contribution in [0.2, 0.25) is 0 Å². The first-order valence-electron chi connectivity index (χ1n) is 6.08. The molecule has 0 aliphatic heterocycles. The normalized spacial score (nSPS) is 20.6. The molecule has 4 nitrogen and oxygen atoms in total. The molecule has 0 bridgehead atoms. The summed E-state index contributed by atoms with van der Waals surface area (Å²) in [4.78, 5) is 0. The number of aryl methyl sites for hydroxylation is 1. The van der Waals surface area contributed by atoms with E-state index in [0.29, 0.717) is 19.4 Å². The average molecular weight is 244 g/mol. The van der Waals surface area contributed by atoms with Gasteiger partial charge in [0.25, 0.3) is 0 Å². The Morgan fingerprint density at radius 1 is 1.41 bits per heavy atom. The first kappa shape index (κ1) is 12.4. The van der Waals surface area contributed by atoms with E-state index in [0.717, 1.165) is 18.8 Å². The van der Waals surface area contributed by atoms with Gasteiger partial charge >= 0.3 is 0 Å². The molecule has 17 heavy (non-hydrogen) atoms. The molecule has 0 aromatic carbocycles. The van der Waals surface area contributed by atoms with E-state index < -0.39 is 5.92 Å². The van der Waals surface area contributed by atoms with Crippen molar-refractivity contribution in [2.75, 3.05) is 6.54 Å². The van der Waals surface area contributed by atoms with Gasteiger partial charge in [0, 0.05) is 25.3 Å². The lowest BCUT2D eigenvalue weighted by molar-refractivity contribution is -0.0390. The van der Waals surface area contributed by atoms with Crippen molar-refractivity contribution in [2.45, 2.75) is 50.5 Å². The van der Waals surface area contributed by atoms with E-state index in [9.17, 15) is 8.78 Å². The summed E-state index contributed by atoms with van der Waals surface area (Å²) in [6.07, 6.45) is 3.43. The van der Waals surface area contributed by atoms with E-state index in [1.807, 2.05) is 4.57 Å². The summed E-state index contributed by atoms with van der Waals surface area (Å²) in [7, 11) is 0. The molecule has 2 N–H and O–H groups in total. The van der Waals surface area contributed by atoms with Crippen LogP contribution < -0.4 is 5.73 Å². The molecule has 0 unspecified atom stereocenters. The highest BCUT2D eigenvalue weighted by Crippen LogP contribution is 2.40. The largest absolute Gasteiger partial charge is 0.330 e. The maximum Gasteiger partial charge on any atom is 0.248 e. The maximum atomic E-state index is 13.1. The molecular weight excluding hydrogens is 226 g/mol. The summed E-state index contributed by atoms with van der Waals surface area (Å²) < 4.78 is 28.1. The van der Waals surface area contributed by atoms with E-state index >= 15 is 0 Å². The number of alkyl halides is 2. The number of nitrogens with two attached hydrogens (primary N) is 1. The van der Waals surface area contributed by atoms with Crippen LogP contribution in [-0.4, -0.2) is 27.2 Å². The van der Waals surface area contributed by atoms with Gasteiger partial charge in [-0.05, 0) is 25.8 Å². The monoisotopic (exact) mass is 244 g/mol. The van der Waals surface area contributed by atoms with Crippen molar-refractivity contribution in [1.82, 2.24) is 14.8 Å². The van der Waals surface area contributed by atoms with Crippen molar-refractivity contribution in [3.05, 3.63) is 12.2 Å². The minimum atomic E-state index is -2.49. The Labute approximate surface area is 99.2 Å². The highest BCUT2D eigenvalue weighted by molar-refractivity contribution is 5.00. The van der Waals surface area contributed by atoms with Gasteiger partial charge in [-0.25, -0.2) is 8.78 Å². The van der Waals surface area contributed by atoms with Crippen molar-refractivity contribution in [2.24, 2.45) is 5.73 Å². The van der Waals surface area contributed by atoms with Crippen molar-refractivity contribution in [3.8, 4) is 0 Å². The number of rotatable bonds is 4. The minimum Gasteiger partial charge on any atom is -0.330 e. The first-order valence-corrected chi connectivity index (χ1v) is 6.08. The van der Waals surface area contributed by atoms with Crippen LogP contribution in [-0.2, 0) is 6.54 Å². The van der Waals surface area contributed by atoms with Gasteiger partial charge in [-0.2, -0.15) is 0 Å². The fourth-order valence-corrected chi connectivity index (χ4v) is 2.31. The quantitative estimate of drug-likeness (QED) is 0.880. The molecule has 1 fully saturated rings. The van der Waals surface area contributed by atoms with Gasteiger partial charge in [0.2, 0.25) is 5.92 Å². The Morgan fingerprint density at radius 2 is 2.12 bits per heavy atom. The van der Waals surface area contributed by atoms with Gasteiger partial charge in [0.05, 0.1) is 0 Å². The van der Waals surface area contributed by atoms with E-state index in [4.69, 9.17) is 5.73 Å². The molecule has 1 aromatic heterocycles. The molecule has 1 aliphatic rings. The minimum absolute atomic E-state index is 0.0403. The van der Waals surface area contributed by atoms with Crippen molar-refractivity contribution < 1.29 is 8.78 Å². The van der Waals surface area contributed by atoms with Gasteiger partial charge in [-0.1, -0.05) is 0 Å². The Bertz CT molecular complexity index is 354. The predicted octanol–water partition coefficient (Wildman–Crippen LogP) is 1.92. The van der Waals surface area contributed by atoms with Gasteiger partial charge in [-0.3, -0.25) is 0 Å². The number of hydrogen-bond donors (Lipinski definition) is 1. The van der Waals surface area contributed by atoms with E-state index in [1.165, 1.54) is 0 Å². The highest BCUT2D eigenvalue weighted by Gasteiger charge is 2.36. The first-order chi connectivity index (χ1) is 8.12. The second-order valence-corrected chi connectivity index (χ2v) is 4.65. The molecule has 0 radical (unpaired) electrons. The third-order valence-electron chi connectivity index (χ3n) is 3.33. The summed E-state index contributed by atoms with van der Waals surface area (Å²) in [6.45, 7) is 1.38. The van der Waals surface area contributed by atoms with Gasteiger partial charge in [0.15, 0.2) is 0 Å². The van der Waals surface area contributed by atoms with Crippen LogP contribution in [0.5, 0.6) is 0 Å². The van der Waals surface area contributed by atoms with Gasteiger partial charge < -0.3 is 10.3 Å². The third-order valence-corrected chi connectivity index (χ3v) is 3.33. The van der Waals surface area contributed by atoms with Crippen LogP contribution >= 0.6 is 0 Å². The molecule has 2 rings (SSSR count). The number of nitrogens with zero attached hydrogens (tertiary/aromatic N) is 3. The molecule has 0 atom stereocenters. The van der Waals surface area contributed by atoms with E-state index in [1.54, 1.807) is 6.33 Å². The summed E-state index contributed by atoms with van der Waals surface area (Å²) in [5, 5.41) is 7.94. The fourth-order valence-electron chi connectivity index (χ4n) is 2.31. The molecule has 0 spiro atoms. The third kappa shape index (κ3) is 3.00. The van der Waals surface area contributed by atoms with Gasteiger partial charge in [0.1, 0.15) is 12.2 Å². The van der Waals surface area contributed by atoms with Crippen LogP contribution in [0.1, 0.15) is 43.8 Å². The van der Waals surface area contributed by atoms with Crippen LogP contribution in [0.15, 0.2) is 6.33 Å². The lowest BCUT2D eigenvalue weighted by atomic mass is 9.86. The SMILES string of the molecule is NCCCn1cnnc1C1CCC(F)(F)CC1. The van der Waals surface area contributed by atoms with Crippen molar-refractivity contribution >= 4 is 0 Å². The molecule has 1 aromatic rings. The summed E-state index contributed by atoms with van der Waals surface area (Å²) in [5.41, 5.74) is 5.46. The van der Waals surface area contributed by atoms with Crippen LogP contribution in [0.4, 0.5) is 8.78 Å². The molecule has 96 valence electrons. The Hall–Kier alpha value is -1.04. The lowest BCUT2D eigenvalue weighted by Gasteiger charge is -2.27. The molecule has 0 amide bonds. The van der Waals surface area contributed by atoms with Gasteiger partial charge in [-0.15, -0.1) is 10.2 Å². The van der Waals surface area contributed by atoms with Crippen LogP contribution in [0.3, 0.4) is 0 Å². The molecule has 1 aliphatic carbocycles. The zero-order valence-corrected chi connectivity index (χ0v) is 9.78. The predicted molar refractivity (Wildman–Crippen MR) is 59.8 cm³/mol. The molecule has 0 saturated heterocycles. The van der Waals surface area contributed by atoms with Crippen LogP contribution in [0.25, 0.3) is 0 Å². The standard InChI is InChI=1S/C11H18F2N4/c12-11(13)4-2-9(3-5-11)10-16-15-8-17(10)7-1-6-14/h8-9H,1-7,14H2. The second kappa shape index (κ2) is 5.08. The average Bonchev–Trinajstić information content (AvgIpc) is 2.74. The zero-order valence-electron chi connectivity index (χ0n) is 9.78. The fraction of sp³-hybridized carbons (Fsp3) is 0.818.